The number of hydrogen-bond donors (Lipinski definition) is 1. The van der Waals surface area contributed by atoms with E-state index in [1.54, 1.807) is 20.4 Å². The van der Waals surface area contributed by atoms with Gasteiger partial charge in [-0.15, -0.1) is 0 Å². The van der Waals surface area contributed by atoms with Crippen LogP contribution in [0.2, 0.25) is 5.28 Å². The topological polar surface area (TPSA) is 47.1 Å². The van der Waals surface area contributed by atoms with Crippen LogP contribution >= 0.6 is 11.6 Å². The van der Waals surface area contributed by atoms with Crippen LogP contribution < -0.4 is 9.47 Å². The Morgan fingerprint density at radius 2 is 2.06 bits per heavy atom. The third kappa shape index (κ3) is 1.97. The van der Waals surface area contributed by atoms with Crippen molar-refractivity contribution >= 4 is 11.6 Å². The van der Waals surface area contributed by atoms with Crippen molar-refractivity contribution in [3.63, 3.8) is 0 Å². The molecule has 0 fully saturated rings. The number of nitrogens with one attached hydrogen (secondary N) is 1. The molecule has 0 bridgehead atoms. The number of H-pyrrole nitrogens is 1. The second-order valence-electron chi connectivity index (χ2n) is 3.15. The maximum absolute atomic E-state index is 5.73. The Balaban J connectivity index is 2.48. The van der Waals surface area contributed by atoms with Gasteiger partial charge in [0, 0.05) is 11.6 Å². The second-order valence-corrected chi connectivity index (χ2v) is 3.51. The highest BCUT2D eigenvalue weighted by Crippen LogP contribution is 2.32. The Morgan fingerprint density at radius 1 is 1.25 bits per heavy atom. The summed E-state index contributed by atoms with van der Waals surface area (Å²) < 4.78 is 10.4. The smallest absolute Gasteiger partial charge is 0.200 e. The zero-order valence-electron chi connectivity index (χ0n) is 8.95. The van der Waals surface area contributed by atoms with Crippen LogP contribution in [0.4, 0.5) is 0 Å². The van der Waals surface area contributed by atoms with Gasteiger partial charge in [-0.3, -0.25) is 0 Å². The zero-order valence-corrected chi connectivity index (χ0v) is 9.71. The van der Waals surface area contributed by atoms with Crippen molar-refractivity contribution < 1.29 is 9.47 Å². The van der Waals surface area contributed by atoms with Gasteiger partial charge in [-0.05, 0) is 23.7 Å². The summed E-state index contributed by atoms with van der Waals surface area (Å²) in [5.74, 6) is 1.45. The van der Waals surface area contributed by atoms with Crippen molar-refractivity contribution in [2.45, 2.75) is 0 Å². The second kappa shape index (κ2) is 4.45. The summed E-state index contributed by atoms with van der Waals surface area (Å²) in [7, 11) is 3.22. The third-order valence-corrected chi connectivity index (χ3v) is 2.44. The van der Waals surface area contributed by atoms with Crippen LogP contribution in [-0.4, -0.2) is 24.2 Å². The number of aromatic nitrogens is 2. The maximum Gasteiger partial charge on any atom is 0.200 e. The Hall–Kier alpha value is -1.68. The van der Waals surface area contributed by atoms with Gasteiger partial charge < -0.3 is 14.5 Å². The molecule has 0 saturated heterocycles. The van der Waals surface area contributed by atoms with Gasteiger partial charge in [-0.2, -0.15) is 0 Å². The Bertz CT molecular complexity index is 496. The molecule has 0 unspecified atom stereocenters. The highest BCUT2D eigenvalue weighted by molar-refractivity contribution is 6.28. The minimum absolute atomic E-state index is 0.355. The van der Waals surface area contributed by atoms with Crippen molar-refractivity contribution in [2.75, 3.05) is 14.2 Å². The van der Waals surface area contributed by atoms with Crippen molar-refractivity contribution in [3.8, 4) is 22.8 Å². The first kappa shape index (κ1) is 10.8. The molecule has 2 aromatic rings. The predicted octanol–water partition coefficient (Wildman–Crippen LogP) is 2.75. The summed E-state index contributed by atoms with van der Waals surface area (Å²) in [6.07, 6.45) is 1.66. The van der Waals surface area contributed by atoms with Crippen LogP contribution in [0.25, 0.3) is 11.3 Å². The summed E-state index contributed by atoms with van der Waals surface area (Å²) >= 11 is 5.73. The van der Waals surface area contributed by atoms with Crippen molar-refractivity contribution in [3.05, 3.63) is 29.7 Å². The van der Waals surface area contributed by atoms with Gasteiger partial charge in [-0.1, -0.05) is 0 Å². The normalized spacial score (nSPS) is 10.2. The molecule has 0 aliphatic carbocycles. The van der Waals surface area contributed by atoms with E-state index in [4.69, 9.17) is 21.1 Å². The van der Waals surface area contributed by atoms with Crippen LogP contribution in [0.3, 0.4) is 0 Å². The lowest BCUT2D eigenvalue weighted by molar-refractivity contribution is 0.395. The molecule has 16 heavy (non-hydrogen) atoms. The van der Waals surface area contributed by atoms with Crippen molar-refractivity contribution in [2.24, 2.45) is 0 Å². The number of hydrogen-bond acceptors (Lipinski definition) is 3. The largest absolute Gasteiger partial charge is 0.497 e. The molecule has 0 spiro atoms. The van der Waals surface area contributed by atoms with E-state index in [1.165, 1.54) is 0 Å². The molecule has 0 aliphatic heterocycles. The monoisotopic (exact) mass is 238 g/mol. The molecule has 0 radical (unpaired) electrons. The number of ether oxygens (including phenoxy) is 2. The van der Waals surface area contributed by atoms with E-state index in [-0.39, 0.29) is 0 Å². The summed E-state index contributed by atoms with van der Waals surface area (Å²) in [4.78, 5) is 6.87. The molecule has 0 saturated carbocycles. The first-order chi connectivity index (χ1) is 7.74. The van der Waals surface area contributed by atoms with Gasteiger partial charge in [-0.25, -0.2) is 4.98 Å². The van der Waals surface area contributed by atoms with Crippen LogP contribution in [0.1, 0.15) is 0 Å². The minimum Gasteiger partial charge on any atom is -0.497 e. The van der Waals surface area contributed by atoms with E-state index in [0.29, 0.717) is 11.0 Å². The average molecular weight is 239 g/mol. The number of nitrogens with zero attached hydrogens (tertiary/aromatic N) is 1. The van der Waals surface area contributed by atoms with Crippen LogP contribution in [0, 0.1) is 0 Å². The molecule has 84 valence electrons. The highest BCUT2D eigenvalue weighted by Gasteiger charge is 2.09. The summed E-state index contributed by atoms with van der Waals surface area (Å²) in [5.41, 5.74) is 1.70. The first-order valence-corrected chi connectivity index (χ1v) is 5.05. The molecule has 0 aliphatic rings. The summed E-state index contributed by atoms with van der Waals surface area (Å²) in [5, 5.41) is 0.355. The van der Waals surface area contributed by atoms with Gasteiger partial charge in [0.15, 0.2) is 5.28 Å². The minimum atomic E-state index is 0.355. The quantitative estimate of drug-likeness (QED) is 0.895. The summed E-state index contributed by atoms with van der Waals surface area (Å²) in [6, 6.07) is 5.55. The van der Waals surface area contributed by atoms with Crippen LogP contribution in [0.5, 0.6) is 11.5 Å². The lowest BCUT2D eigenvalue weighted by atomic mass is 10.1. The Labute approximate surface area is 98.2 Å². The SMILES string of the molecule is COc1ccc(-c2cnc(Cl)[nH]2)c(OC)c1. The fourth-order valence-electron chi connectivity index (χ4n) is 1.45. The number of halogens is 1. The Kier molecular flexibility index (Phi) is 3.01. The average Bonchev–Trinajstić information content (AvgIpc) is 2.74. The molecular weight excluding hydrogens is 228 g/mol. The third-order valence-electron chi connectivity index (χ3n) is 2.24. The van der Waals surface area contributed by atoms with Gasteiger partial charge in [0.2, 0.25) is 0 Å². The van der Waals surface area contributed by atoms with E-state index in [2.05, 4.69) is 9.97 Å². The molecule has 1 aromatic carbocycles. The van der Waals surface area contributed by atoms with Crippen molar-refractivity contribution in [1.82, 2.24) is 9.97 Å². The lowest BCUT2D eigenvalue weighted by Gasteiger charge is -2.08. The van der Waals surface area contributed by atoms with E-state index in [9.17, 15) is 0 Å². The number of benzene rings is 1. The molecule has 1 heterocycles. The fourth-order valence-corrected chi connectivity index (χ4v) is 1.61. The van der Waals surface area contributed by atoms with Gasteiger partial charge in [0.1, 0.15) is 11.5 Å². The fraction of sp³-hybridized carbons (Fsp3) is 0.182. The molecule has 1 aromatic heterocycles. The number of methoxy groups -OCH3 is 2. The van der Waals surface area contributed by atoms with E-state index >= 15 is 0 Å². The van der Waals surface area contributed by atoms with E-state index < -0.39 is 0 Å². The zero-order chi connectivity index (χ0) is 11.5. The van der Waals surface area contributed by atoms with Crippen LogP contribution in [-0.2, 0) is 0 Å². The molecular formula is C11H11ClN2O2. The van der Waals surface area contributed by atoms with Crippen LogP contribution in [0.15, 0.2) is 24.4 Å². The standard InChI is InChI=1S/C11H11ClN2O2/c1-15-7-3-4-8(10(5-7)16-2)9-6-13-11(12)14-9/h3-6H,1-2H3,(H,13,14). The highest BCUT2D eigenvalue weighted by atomic mass is 35.5. The van der Waals surface area contributed by atoms with Gasteiger partial charge >= 0.3 is 0 Å². The molecule has 1 N–H and O–H groups in total. The van der Waals surface area contributed by atoms with E-state index in [1.807, 2.05) is 18.2 Å². The number of imidazole rings is 1. The maximum atomic E-state index is 5.73. The number of aromatic amines is 1. The molecule has 2 rings (SSSR count). The molecule has 0 amide bonds. The van der Waals surface area contributed by atoms with Gasteiger partial charge in [0.05, 0.1) is 26.1 Å². The van der Waals surface area contributed by atoms with Crippen molar-refractivity contribution in [1.29, 1.82) is 0 Å². The molecule has 0 atom stereocenters. The first-order valence-electron chi connectivity index (χ1n) is 4.67. The molecule has 4 nitrogen and oxygen atoms in total. The summed E-state index contributed by atoms with van der Waals surface area (Å²) in [6.45, 7) is 0. The predicted molar refractivity (Wildman–Crippen MR) is 62.1 cm³/mol. The lowest BCUT2D eigenvalue weighted by Crippen LogP contribution is -1.90. The van der Waals surface area contributed by atoms with Gasteiger partial charge in [0.25, 0.3) is 0 Å². The Morgan fingerprint density at radius 3 is 2.62 bits per heavy atom. The number of rotatable bonds is 3. The molecule has 5 heteroatoms. The van der Waals surface area contributed by atoms with E-state index in [0.717, 1.165) is 17.0 Å².